The number of carbonyl (C=O) groups excluding carboxylic acids is 1. The molecule has 0 bridgehead atoms. The molecular weight excluding hydrogens is 433 g/mol. The lowest BCUT2D eigenvalue weighted by atomic mass is 9.99. The molecule has 0 aliphatic heterocycles. The van der Waals surface area contributed by atoms with E-state index in [2.05, 4.69) is 6.92 Å². The van der Waals surface area contributed by atoms with Crippen LogP contribution < -0.4 is 10.5 Å². The minimum absolute atomic E-state index is 0.135. The largest absolute Gasteiger partial charge is 0.489 e. The van der Waals surface area contributed by atoms with Crippen LogP contribution in [0.1, 0.15) is 36.1 Å². The highest BCUT2D eigenvalue weighted by atomic mass is 19.1. The Labute approximate surface area is 198 Å². The second kappa shape index (κ2) is 10.5. The molecule has 176 valence electrons. The third kappa shape index (κ3) is 5.29. The molecule has 0 saturated heterocycles. The van der Waals surface area contributed by atoms with Crippen molar-refractivity contribution in [2.24, 2.45) is 5.73 Å². The van der Waals surface area contributed by atoms with Crippen LogP contribution in [0.2, 0.25) is 0 Å². The molecule has 0 spiro atoms. The van der Waals surface area contributed by atoms with Crippen molar-refractivity contribution >= 4 is 16.9 Å². The highest BCUT2D eigenvalue weighted by Crippen LogP contribution is 2.33. The molecular formula is C28H28FNO4. The summed E-state index contributed by atoms with van der Waals surface area (Å²) in [6.07, 6.45) is 0.980. The van der Waals surface area contributed by atoms with Crippen LogP contribution in [0.4, 0.5) is 4.39 Å². The van der Waals surface area contributed by atoms with Crippen molar-refractivity contribution in [3.8, 4) is 16.9 Å². The van der Waals surface area contributed by atoms with Crippen LogP contribution in [0.5, 0.6) is 5.75 Å². The zero-order valence-corrected chi connectivity index (χ0v) is 19.4. The number of furan rings is 1. The Morgan fingerprint density at radius 3 is 2.62 bits per heavy atom. The van der Waals surface area contributed by atoms with Gasteiger partial charge >= 0.3 is 5.97 Å². The van der Waals surface area contributed by atoms with Gasteiger partial charge in [0.25, 0.3) is 6.01 Å². The van der Waals surface area contributed by atoms with Gasteiger partial charge in [0.15, 0.2) is 0 Å². The Balaban J connectivity index is 1.67. The molecule has 0 amide bonds. The van der Waals surface area contributed by atoms with E-state index in [-0.39, 0.29) is 19.0 Å². The van der Waals surface area contributed by atoms with Gasteiger partial charge in [-0.25, -0.2) is 0 Å². The lowest BCUT2D eigenvalue weighted by molar-refractivity contribution is -0.142. The normalized spacial score (nSPS) is 11.1. The molecule has 6 heteroatoms. The lowest BCUT2D eigenvalue weighted by Gasteiger charge is -2.14. The van der Waals surface area contributed by atoms with Crippen LogP contribution in [0.3, 0.4) is 0 Å². The second-order valence-electron chi connectivity index (χ2n) is 8.08. The third-order valence-corrected chi connectivity index (χ3v) is 5.69. The van der Waals surface area contributed by atoms with E-state index in [1.54, 1.807) is 6.92 Å². The molecule has 0 aliphatic carbocycles. The van der Waals surface area contributed by atoms with Gasteiger partial charge in [-0.05, 0) is 59.9 Å². The Hall–Kier alpha value is -3.64. The molecule has 0 aliphatic rings. The van der Waals surface area contributed by atoms with Crippen molar-refractivity contribution in [3.63, 3.8) is 0 Å². The fourth-order valence-electron chi connectivity index (χ4n) is 3.98. The van der Waals surface area contributed by atoms with Crippen LogP contribution in [0.15, 0.2) is 65.1 Å². The molecule has 3 aromatic carbocycles. The summed E-state index contributed by atoms with van der Waals surface area (Å²) in [7, 11) is 0. The highest BCUT2D eigenvalue weighted by Gasteiger charge is 2.15. The summed E-state index contributed by atoms with van der Waals surface area (Å²) < 4.78 is 30.7. The van der Waals surface area contributed by atoms with Gasteiger partial charge in [-0.1, -0.05) is 37.3 Å². The molecule has 5 nitrogen and oxygen atoms in total. The number of nitrogens with two attached hydrogens (primary N) is 1. The maximum Gasteiger partial charge on any atom is 0.310 e. The number of ether oxygens (including phenoxy) is 2. The first-order chi connectivity index (χ1) is 16.5. The van der Waals surface area contributed by atoms with E-state index < -0.39 is 6.01 Å². The fraction of sp³-hybridized carbons (Fsp3) is 0.250. The summed E-state index contributed by atoms with van der Waals surface area (Å²) in [6, 6.07) is 18.2. The molecule has 4 rings (SSSR count). The standard InChI is InChI=1S/C28H28FNO4/c1-3-18-8-9-22(15-27(31)32-4-2)25(13-18)33-17-20-11-23-14-26(29)34-28(23)24(12-20)21-7-5-6-19(10-21)16-30/h5-14H,3-4,15-17,30H2,1-2H3. The Morgan fingerprint density at radius 2 is 1.85 bits per heavy atom. The van der Waals surface area contributed by atoms with Gasteiger partial charge in [0.05, 0.1) is 13.0 Å². The van der Waals surface area contributed by atoms with Gasteiger partial charge in [0, 0.05) is 29.1 Å². The number of hydrogen-bond acceptors (Lipinski definition) is 5. The molecule has 1 heterocycles. The Kier molecular flexibility index (Phi) is 7.28. The minimum atomic E-state index is -0.642. The van der Waals surface area contributed by atoms with Crippen LogP contribution in [0, 0.1) is 6.01 Å². The Bertz CT molecular complexity index is 1310. The van der Waals surface area contributed by atoms with Gasteiger partial charge in [-0.2, -0.15) is 4.39 Å². The van der Waals surface area contributed by atoms with E-state index >= 15 is 0 Å². The smallest absolute Gasteiger partial charge is 0.310 e. The van der Waals surface area contributed by atoms with Crippen molar-refractivity contribution in [2.45, 2.75) is 39.8 Å². The number of carbonyl (C=O) groups is 1. The maximum atomic E-state index is 14.0. The first-order valence-corrected chi connectivity index (χ1v) is 11.4. The third-order valence-electron chi connectivity index (χ3n) is 5.69. The lowest BCUT2D eigenvalue weighted by Crippen LogP contribution is -2.09. The van der Waals surface area contributed by atoms with Crippen LogP contribution >= 0.6 is 0 Å². The van der Waals surface area contributed by atoms with Crippen molar-refractivity contribution < 1.29 is 23.1 Å². The van der Waals surface area contributed by atoms with Gasteiger partial charge < -0.3 is 19.6 Å². The van der Waals surface area contributed by atoms with E-state index in [1.165, 1.54) is 6.07 Å². The topological polar surface area (TPSA) is 74.7 Å². The second-order valence-corrected chi connectivity index (χ2v) is 8.08. The summed E-state index contributed by atoms with van der Waals surface area (Å²) in [5, 5.41) is 0.654. The van der Waals surface area contributed by atoms with E-state index in [9.17, 15) is 9.18 Å². The van der Waals surface area contributed by atoms with Crippen LogP contribution in [0.25, 0.3) is 22.1 Å². The fourth-order valence-corrected chi connectivity index (χ4v) is 3.98. The zero-order valence-electron chi connectivity index (χ0n) is 19.4. The van der Waals surface area contributed by atoms with Crippen LogP contribution in [-0.2, 0) is 35.5 Å². The molecule has 2 N–H and O–H groups in total. The molecule has 1 aromatic heterocycles. The summed E-state index contributed by atoms with van der Waals surface area (Å²) in [5.74, 6) is 0.339. The van der Waals surface area contributed by atoms with Crippen molar-refractivity contribution in [1.29, 1.82) is 0 Å². The Morgan fingerprint density at radius 1 is 1.00 bits per heavy atom. The van der Waals surface area contributed by atoms with E-state index in [0.29, 0.717) is 29.9 Å². The van der Waals surface area contributed by atoms with Crippen molar-refractivity contribution in [3.05, 3.63) is 88.9 Å². The van der Waals surface area contributed by atoms with Gasteiger partial charge in [0.1, 0.15) is 17.9 Å². The van der Waals surface area contributed by atoms with Gasteiger partial charge in [-0.15, -0.1) is 0 Å². The molecule has 0 unspecified atom stereocenters. The monoisotopic (exact) mass is 461 g/mol. The summed E-state index contributed by atoms with van der Waals surface area (Å²) in [4.78, 5) is 12.1. The molecule has 0 fully saturated rings. The van der Waals surface area contributed by atoms with Crippen molar-refractivity contribution in [1.82, 2.24) is 0 Å². The zero-order chi connectivity index (χ0) is 24.1. The first kappa shape index (κ1) is 23.5. The quantitative estimate of drug-likeness (QED) is 0.312. The number of aryl methyl sites for hydroxylation is 1. The highest BCUT2D eigenvalue weighted by molar-refractivity contribution is 5.93. The molecule has 0 atom stereocenters. The van der Waals surface area contributed by atoms with Crippen LogP contribution in [-0.4, -0.2) is 12.6 Å². The predicted octanol–water partition coefficient (Wildman–Crippen LogP) is 5.94. The number of halogens is 1. The number of benzene rings is 3. The number of rotatable bonds is 9. The maximum absolute atomic E-state index is 14.0. The molecule has 0 saturated carbocycles. The number of hydrogen-bond donors (Lipinski definition) is 1. The van der Waals surface area contributed by atoms with Crippen molar-refractivity contribution in [2.75, 3.05) is 6.61 Å². The summed E-state index contributed by atoms with van der Waals surface area (Å²) >= 11 is 0. The molecule has 4 aromatic rings. The number of esters is 1. The van der Waals surface area contributed by atoms with E-state index in [4.69, 9.17) is 19.6 Å². The number of fused-ring (bicyclic) bond motifs is 1. The predicted molar refractivity (Wildman–Crippen MR) is 130 cm³/mol. The van der Waals surface area contributed by atoms with E-state index in [0.717, 1.165) is 39.8 Å². The average Bonchev–Trinajstić information content (AvgIpc) is 3.23. The van der Waals surface area contributed by atoms with Gasteiger partial charge in [0.2, 0.25) is 0 Å². The summed E-state index contributed by atoms with van der Waals surface area (Å²) in [6.45, 7) is 4.83. The first-order valence-electron chi connectivity index (χ1n) is 11.4. The van der Waals surface area contributed by atoms with E-state index in [1.807, 2.05) is 54.6 Å². The van der Waals surface area contributed by atoms with Gasteiger partial charge in [-0.3, -0.25) is 4.79 Å². The summed E-state index contributed by atoms with van der Waals surface area (Å²) in [5.41, 5.74) is 11.6. The SMILES string of the molecule is CCOC(=O)Cc1ccc(CC)cc1OCc1cc(-c2cccc(CN)c2)c2oc(F)cc2c1. The average molecular weight is 462 g/mol. The minimum Gasteiger partial charge on any atom is -0.489 e. The molecule has 34 heavy (non-hydrogen) atoms. The molecule has 0 radical (unpaired) electrons.